The highest BCUT2D eigenvalue weighted by atomic mass is 32.2. The molecule has 0 spiro atoms. The Bertz CT molecular complexity index is 801. The lowest BCUT2D eigenvalue weighted by Crippen LogP contribution is -2.43. The van der Waals surface area contributed by atoms with Crippen LogP contribution in [0.25, 0.3) is 0 Å². The molecule has 0 amide bonds. The fourth-order valence-electron chi connectivity index (χ4n) is 3.41. The van der Waals surface area contributed by atoms with E-state index in [1.165, 1.54) is 35.4 Å². The quantitative estimate of drug-likeness (QED) is 0.740. The molecule has 0 bridgehead atoms. The summed E-state index contributed by atoms with van der Waals surface area (Å²) in [5, 5.41) is 0. The summed E-state index contributed by atoms with van der Waals surface area (Å²) in [5.74, 6) is -0.423. The van der Waals surface area contributed by atoms with Crippen molar-refractivity contribution in [1.29, 1.82) is 0 Å². The second-order valence-electron chi connectivity index (χ2n) is 6.74. The van der Waals surface area contributed by atoms with Gasteiger partial charge in [-0.25, -0.2) is 12.8 Å². The maximum absolute atomic E-state index is 13.1. The van der Waals surface area contributed by atoms with E-state index in [0.717, 1.165) is 32.1 Å². The Kier molecular flexibility index (Phi) is 6.95. The number of aryl methyl sites for hydroxylation is 2. The van der Waals surface area contributed by atoms with Gasteiger partial charge < -0.3 is 0 Å². The summed E-state index contributed by atoms with van der Waals surface area (Å²) in [6.07, 6.45) is 4.48. The van der Waals surface area contributed by atoms with E-state index < -0.39 is 15.8 Å². The number of nitrogens with zero attached hydrogens (tertiary/aromatic N) is 1. The van der Waals surface area contributed by atoms with Gasteiger partial charge in [0, 0.05) is 12.6 Å². The van der Waals surface area contributed by atoms with E-state index in [2.05, 4.69) is 31.2 Å². The van der Waals surface area contributed by atoms with E-state index in [-0.39, 0.29) is 18.4 Å². The Morgan fingerprint density at radius 2 is 1.69 bits per heavy atom. The first kappa shape index (κ1) is 20.6. The number of piperidine rings is 1. The van der Waals surface area contributed by atoms with Crippen LogP contribution in [0.15, 0.2) is 53.4 Å². The van der Waals surface area contributed by atoms with Crippen LogP contribution in [0.1, 0.15) is 44.2 Å². The second-order valence-corrected chi connectivity index (χ2v) is 8.63. The Morgan fingerprint density at radius 1 is 1.04 bits per heavy atom. The molecule has 2 aromatic carbocycles. The van der Waals surface area contributed by atoms with Crippen LogP contribution in [0, 0.1) is 12.7 Å². The van der Waals surface area contributed by atoms with Crippen LogP contribution >= 0.6 is 0 Å². The smallest absolute Gasteiger partial charge is 0.207 e. The molecule has 3 rings (SSSR count). The van der Waals surface area contributed by atoms with E-state index in [1.54, 1.807) is 4.31 Å². The van der Waals surface area contributed by atoms with E-state index in [1.807, 2.05) is 0 Å². The summed E-state index contributed by atoms with van der Waals surface area (Å²) in [7, 11) is -3.57. The monoisotopic (exact) mass is 377 g/mol. The average molecular weight is 378 g/mol. The van der Waals surface area contributed by atoms with Crippen molar-refractivity contribution in [2.45, 2.75) is 57.4 Å². The van der Waals surface area contributed by atoms with Crippen molar-refractivity contribution in [2.24, 2.45) is 0 Å². The van der Waals surface area contributed by atoms with Gasteiger partial charge in [-0.05, 0) is 62.4 Å². The van der Waals surface area contributed by atoms with Crippen molar-refractivity contribution >= 4 is 10.0 Å². The number of halogens is 1. The van der Waals surface area contributed by atoms with E-state index >= 15 is 0 Å². The molecule has 1 saturated heterocycles. The first-order valence-corrected chi connectivity index (χ1v) is 10.2. The van der Waals surface area contributed by atoms with Crippen LogP contribution in [0.4, 0.5) is 4.39 Å². The Labute approximate surface area is 156 Å². The summed E-state index contributed by atoms with van der Waals surface area (Å²) < 4.78 is 40.7. The Hall–Kier alpha value is -1.72. The molecule has 0 aromatic heterocycles. The average Bonchev–Trinajstić information content (AvgIpc) is 2.62. The van der Waals surface area contributed by atoms with E-state index in [9.17, 15) is 12.8 Å². The van der Waals surface area contributed by atoms with Crippen molar-refractivity contribution < 1.29 is 12.8 Å². The molecule has 26 heavy (non-hydrogen) atoms. The van der Waals surface area contributed by atoms with Gasteiger partial charge >= 0.3 is 0 Å². The molecule has 0 saturated carbocycles. The molecule has 1 unspecified atom stereocenters. The maximum atomic E-state index is 13.1. The zero-order valence-electron chi connectivity index (χ0n) is 14.5. The van der Waals surface area contributed by atoms with Gasteiger partial charge in [0.15, 0.2) is 0 Å². The van der Waals surface area contributed by atoms with Crippen molar-refractivity contribution in [3.8, 4) is 0 Å². The lowest BCUT2D eigenvalue weighted by molar-refractivity contribution is 0.241. The van der Waals surface area contributed by atoms with Crippen LogP contribution < -0.4 is 0 Å². The molecule has 0 N–H and O–H groups in total. The first-order chi connectivity index (χ1) is 12.0. The molecule has 5 heteroatoms. The number of benzene rings is 2. The number of rotatable bonds is 5. The van der Waals surface area contributed by atoms with Gasteiger partial charge in [0.1, 0.15) is 5.82 Å². The van der Waals surface area contributed by atoms with Gasteiger partial charge in [0.25, 0.3) is 0 Å². The predicted octanol–water partition coefficient (Wildman–Crippen LogP) is 4.95. The van der Waals surface area contributed by atoms with Gasteiger partial charge in [-0.2, -0.15) is 4.31 Å². The van der Waals surface area contributed by atoms with Crippen molar-refractivity contribution in [2.75, 3.05) is 6.54 Å². The minimum atomic E-state index is -3.57. The van der Waals surface area contributed by atoms with Crippen LogP contribution in [0.5, 0.6) is 0 Å². The maximum Gasteiger partial charge on any atom is 0.243 e. The zero-order valence-corrected chi connectivity index (χ0v) is 15.3. The highest BCUT2D eigenvalue weighted by Crippen LogP contribution is 2.28. The molecule has 0 aliphatic carbocycles. The minimum Gasteiger partial charge on any atom is -0.207 e. The van der Waals surface area contributed by atoms with E-state index in [0.29, 0.717) is 6.54 Å². The van der Waals surface area contributed by atoms with Crippen LogP contribution in [-0.2, 0) is 16.4 Å². The molecule has 2 aromatic rings. The molecule has 3 nitrogen and oxygen atoms in total. The first-order valence-electron chi connectivity index (χ1n) is 8.80. The Balaban J connectivity index is 0.00000243. The molecule has 142 valence electrons. The number of hydrogen-bond acceptors (Lipinski definition) is 2. The SMILES string of the molecule is C.Cc1ccc(CCC2CCCCN2S(=O)(=O)c2ccc(F)cc2)cc1. The largest absolute Gasteiger partial charge is 0.243 e. The van der Waals surface area contributed by atoms with Crippen molar-refractivity contribution in [1.82, 2.24) is 4.31 Å². The third-order valence-corrected chi connectivity index (χ3v) is 6.85. The normalized spacial score (nSPS) is 18.3. The summed E-state index contributed by atoms with van der Waals surface area (Å²) in [6, 6.07) is 13.5. The summed E-state index contributed by atoms with van der Waals surface area (Å²) >= 11 is 0. The lowest BCUT2D eigenvalue weighted by Gasteiger charge is -2.34. The van der Waals surface area contributed by atoms with Gasteiger partial charge in [0.2, 0.25) is 10.0 Å². The van der Waals surface area contributed by atoms with Crippen LogP contribution in [0.2, 0.25) is 0 Å². The molecule has 1 heterocycles. The lowest BCUT2D eigenvalue weighted by atomic mass is 9.97. The van der Waals surface area contributed by atoms with Gasteiger partial charge in [-0.1, -0.05) is 43.7 Å². The topological polar surface area (TPSA) is 37.4 Å². The summed E-state index contributed by atoms with van der Waals surface area (Å²) in [5.41, 5.74) is 2.46. The minimum absolute atomic E-state index is 0. The number of sulfonamides is 1. The van der Waals surface area contributed by atoms with Crippen molar-refractivity contribution in [3.63, 3.8) is 0 Å². The fraction of sp³-hybridized carbons (Fsp3) is 0.429. The molecule has 0 radical (unpaired) electrons. The standard InChI is InChI=1S/C20H24FNO2S.CH4/c1-16-5-7-17(8-6-16)9-12-19-4-2-3-15-22(19)25(23,24)20-13-10-18(21)11-14-20;/h5-8,10-11,13-14,19H,2-4,9,12,15H2,1H3;1H4. The fourth-order valence-corrected chi connectivity index (χ4v) is 5.13. The zero-order chi connectivity index (χ0) is 17.9. The van der Waals surface area contributed by atoms with Crippen molar-refractivity contribution in [3.05, 3.63) is 65.5 Å². The van der Waals surface area contributed by atoms with Crippen LogP contribution in [0.3, 0.4) is 0 Å². The van der Waals surface area contributed by atoms with Gasteiger partial charge in [0.05, 0.1) is 4.90 Å². The Morgan fingerprint density at radius 3 is 2.35 bits per heavy atom. The van der Waals surface area contributed by atoms with Gasteiger partial charge in [-0.15, -0.1) is 0 Å². The molecular formula is C21H28FNO2S. The number of hydrogen-bond donors (Lipinski definition) is 0. The third kappa shape index (κ3) is 4.71. The second kappa shape index (κ2) is 8.78. The highest BCUT2D eigenvalue weighted by Gasteiger charge is 2.33. The third-order valence-electron chi connectivity index (χ3n) is 4.88. The summed E-state index contributed by atoms with van der Waals surface area (Å²) in [4.78, 5) is 0.177. The molecule has 1 fully saturated rings. The van der Waals surface area contributed by atoms with Gasteiger partial charge in [-0.3, -0.25) is 0 Å². The predicted molar refractivity (Wildman–Crippen MR) is 104 cm³/mol. The highest BCUT2D eigenvalue weighted by molar-refractivity contribution is 7.89. The molecule has 1 aliphatic heterocycles. The van der Waals surface area contributed by atoms with E-state index in [4.69, 9.17) is 0 Å². The molecule has 1 aliphatic rings. The summed E-state index contributed by atoms with van der Waals surface area (Å²) in [6.45, 7) is 2.60. The van der Waals surface area contributed by atoms with Crippen LogP contribution in [-0.4, -0.2) is 25.3 Å². The molecule has 1 atom stereocenters. The molecular weight excluding hydrogens is 349 g/mol.